The van der Waals surface area contributed by atoms with E-state index >= 15 is 0 Å². The number of ether oxygens (including phenoxy) is 1. The SMILES string of the molecule is COC(=O)c1ccc(C=NNC(=O)C(N)=O)cc1. The van der Waals surface area contributed by atoms with Crippen LogP contribution in [0, 0.1) is 0 Å². The quantitative estimate of drug-likeness (QED) is 0.322. The number of hydrazone groups is 1. The third-order valence-electron chi connectivity index (χ3n) is 1.94. The number of carbonyl (C=O) groups excluding carboxylic acids is 3. The van der Waals surface area contributed by atoms with Gasteiger partial charge in [-0.1, -0.05) is 12.1 Å². The highest BCUT2D eigenvalue weighted by molar-refractivity contribution is 6.34. The lowest BCUT2D eigenvalue weighted by Gasteiger charge is -1.99. The van der Waals surface area contributed by atoms with Gasteiger partial charge >= 0.3 is 17.8 Å². The summed E-state index contributed by atoms with van der Waals surface area (Å²) in [5.74, 6) is -2.56. The van der Waals surface area contributed by atoms with Crippen LogP contribution < -0.4 is 11.2 Å². The van der Waals surface area contributed by atoms with Gasteiger partial charge in [-0.15, -0.1) is 0 Å². The average Bonchev–Trinajstić information content (AvgIpc) is 2.38. The van der Waals surface area contributed by atoms with Crippen molar-refractivity contribution >= 4 is 24.0 Å². The fourth-order valence-corrected chi connectivity index (χ4v) is 1.04. The Hall–Kier alpha value is -2.70. The molecule has 2 amide bonds. The number of rotatable bonds is 3. The Bertz CT molecular complexity index is 494. The Labute approximate surface area is 103 Å². The van der Waals surface area contributed by atoms with Gasteiger partial charge in [-0.05, 0) is 17.7 Å². The summed E-state index contributed by atoms with van der Waals surface area (Å²) in [7, 11) is 1.29. The van der Waals surface area contributed by atoms with Gasteiger partial charge in [0.25, 0.3) is 0 Å². The van der Waals surface area contributed by atoms with Gasteiger partial charge in [-0.25, -0.2) is 10.2 Å². The average molecular weight is 249 g/mol. The molecule has 0 atom stereocenters. The number of nitrogens with zero attached hydrogens (tertiary/aromatic N) is 1. The molecule has 1 aromatic carbocycles. The molecule has 3 N–H and O–H groups in total. The lowest BCUT2D eigenvalue weighted by Crippen LogP contribution is -2.32. The Kier molecular flexibility index (Phi) is 4.56. The molecule has 1 rings (SSSR count). The molecule has 0 fully saturated rings. The molecular weight excluding hydrogens is 238 g/mol. The third-order valence-corrected chi connectivity index (χ3v) is 1.94. The normalized spacial score (nSPS) is 10.1. The number of nitrogens with one attached hydrogen (secondary N) is 1. The van der Waals surface area contributed by atoms with Crippen LogP contribution in [-0.4, -0.2) is 31.1 Å². The van der Waals surface area contributed by atoms with Crippen LogP contribution in [-0.2, 0) is 14.3 Å². The van der Waals surface area contributed by atoms with Gasteiger partial charge in [0.15, 0.2) is 0 Å². The zero-order chi connectivity index (χ0) is 13.5. The van der Waals surface area contributed by atoms with Gasteiger partial charge in [0, 0.05) is 0 Å². The topological polar surface area (TPSA) is 111 Å². The van der Waals surface area contributed by atoms with Crippen LogP contribution in [0.5, 0.6) is 0 Å². The highest BCUT2D eigenvalue weighted by Crippen LogP contribution is 2.03. The molecule has 0 aromatic heterocycles. The third kappa shape index (κ3) is 3.71. The van der Waals surface area contributed by atoms with Gasteiger partial charge in [-0.3, -0.25) is 9.59 Å². The van der Waals surface area contributed by atoms with Crippen molar-refractivity contribution < 1.29 is 19.1 Å². The Morgan fingerprint density at radius 2 is 1.89 bits per heavy atom. The standard InChI is InChI=1S/C11H11N3O4/c1-18-11(17)8-4-2-7(3-5-8)6-13-14-10(16)9(12)15/h2-6H,1H3,(H2,12,15)(H,14,16). The Morgan fingerprint density at radius 1 is 1.28 bits per heavy atom. The number of methoxy groups -OCH3 is 1. The van der Waals surface area contributed by atoms with Crippen molar-refractivity contribution in [1.82, 2.24) is 5.43 Å². The summed E-state index contributed by atoms with van der Waals surface area (Å²) in [6, 6.07) is 6.30. The van der Waals surface area contributed by atoms with Crippen LogP contribution in [0.1, 0.15) is 15.9 Å². The summed E-state index contributed by atoms with van der Waals surface area (Å²) < 4.78 is 4.53. The van der Waals surface area contributed by atoms with Gasteiger partial charge in [-0.2, -0.15) is 5.10 Å². The number of amides is 2. The van der Waals surface area contributed by atoms with Crippen molar-refractivity contribution in [1.29, 1.82) is 0 Å². The van der Waals surface area contributed by atoms with E-state index < -0.39 is 17.8 Å². The molecule has 0 unspecified atom stereocenters. The molecule has 0 radical (unpaired) electrons. The number of esters is 1. The second-order valence-electron chi connectivity index (χ2n) is 3.18. The van der Waals surface area contributed by atoms with E-state index in [2.05, 4.69) is 9.84 Å². The van der Waals surface area contributed by atoms with Crippen molar-refractivity contribution in [3.63, 3.8) is 0 Å². The fourth-order valence-electron chi connectivity index (χ4n) is 1.04. The maximum atomic E-state index is 11.1. The predicted octanol–water partition coefficient (Wildman–Crippen LogP) is -0.591. The zero-order valence-corrected chi connectivity index (χ0v) is 9.54. The van der Waals surface area contributed by atoms with Gasteiger partial charge in [0.2, 0.25) is 0 Å². The molecule has 0 aliphatic carbocycles. The molecule has 0 aliphatic heterocycles. The number of hydrogen-bond donors (Lipinski definition) is 2. The summed E-state index contributed by atoms with van der Waals surface area (Å²) >= 11 is 0. The molecular formula is C11H11N3O4. The molecule has 0 heterocycles. The van der Waals surface area contributed by atoms with E-state index in [0.717, 1.165) is 0 Å². The molecule has 7 nitrogen and oxygen atoms in total. The molecule has 0 aliphatic rings. The number of hydrogen-bond acceptors (Lipinski definition) is 5. The molecule has 94 valence electrons. The summed E-state index contributed by atoms with van der Waals surface area (Å²) in [6.07, 6.45) is 1.31. The number of nitrogens with two attached hydrogens (primary N) is 1. The lowest BCUT2D eigenvalue weighted by atomic mass is 10.1. The zero-order valence-electron chi connectivity index (χ0n) is 9.54. The van der Waals surface area contributed by atoms with Gasteiger partial charge in [0.05, 0.1) is 18.9 Å². The molecule has 0 bridgehead atoms. The van der Waals surface area contributed by atoms with E-state index in [-0.39, 0.29) is 0 Å². The van der Waals surface area contributed by atoms with Crippen LogP contribution >= 0.6 is 0 Å². The van der Waals surface area contributed by atoms with Gasteiger partial charge < -0.3 is 10.5 Å². The van der Waals surface area contributed by atoms with E-state index in [1.165, 1.54) is 13.3 Å². The first-order valence-corrected chi connectivity index (χ1v) is 4.86. The van der Waals surface area contributed by atoms with E-state index in [1.807, 2.05) is 5.43 Å². The predicted molar refractivity (Wildman–Crippen MR) is 62.7 cm³/mol. The van der Waals surface area contributed by atoms with Crippen LogP contribution in [0.2, 0.25) is 0 Å². The highest BCUT2D eigenvalue weighted by Gasteiger charge is 2.05. The fraction of sp³-hybridized carbons (Fsp3) is 0.0909. The minimum atomic E-state index is -1.12. The first-order chi connectivity index (χ1) is 8.54. The molecule has 0 spiro atoms. The lowest BCUT2D eigenvalue weighted by molar-refractivity contribution is -0.137. The van der Waals surface area contributed by atoms with E-state index in [1.54, 1.807) is 24.3 Å². The Morgan fingerprint density at radius 3 is 2.39 bits per heavy atom. The maximum Gasteiger partial charge on any atom is 0.337 e. The summed E-state index contributed by atoms with van der Waals surface area (Å²) in [6.45, 7) is 0. The summed E-state index contributed by atoms with van der Waals surface area (Å²) in [5, 5.41) is 3.52. The molecule has 18 heavy (non-hydrogen) atoms. The number of benzene rings is 1. The Balaban J connectivity index is 2.64. The first-order valence-electron chi connectivity index (χ1n) is 4.86. The first kappa shape index (κ1) is 13.4. The van der Waals surface area contributed by atoms with Crippen molar-refractivity contribution in [3.8, 4) is 0 Å². The van der Waals surface area contributed by atoms with Crippen LogP contribution in [0.25, 0.3) is 0 Å². The largest absolute Gasteiger partial charge is 0.465 e. The van der Waals surface area contributed by atoms with E-state index in [9.17, 15) is 14.4 Å². The summed E-state index contributed by atoms with van der Waals surface area (Å²) in [4.78, 5) is 32.3. The number of carbonyl (C=O) groups is 3. The molecule has 1 aromatic rings. The van der Waals surface area contributed by atoms with Gasteiger partial charge in [0.1, 0.15) is 0 Å². The van der Waals surface area contributed by atoms with E-state index in [4.69, 9.17) is 5.73 Å². The van der Waals surface area contributed by atoms with Crippen molar-refractivity contribution in [2.75, 3.05) is 7.11 Å². The van der Waals surface area contributed by atoms with Crippen molar-refractivity contribution in [2.24, 2.45) is 10.8 Å². The van der Waals surface area contributed by atoms with E-state index in [0.29, 0.717) is 11.1 Å². The van der Waals surface area contributed by atoms with Crippen LogP contribution in [0.4, 0.5) is 0 Å². The maximum absolute atomic E-state index is 11.1. The number of primary amides is 1. The summed E-state index contributed by atoms with van der Waals surface area (Å²) in [5.41, 5.74) is 7.68. The minimum Gasteiger partial charge on any atom is -0.465 e. The minimum absolute atomic E-state index is 0.399. The molecule has 0 saturated heterocycles. The van der Waals surface area contributed by atoms with Crippen LogP contribution in [0.15, 0.2) is 29.4 Å². The second kappa shape index (κ2) is 6.14. The molecule has 0 saturated carbocycles. The van der Waals surface area contributed by atoms with Crippen molar-refractivity contribution in [3.05, 3.63) is 35.4 Å². The van der Waals surface area contributed by atoms with Crippen LogP contribution in [0.3, 0.4) is 0 Å². The smallest absolute Gasteiger partial charge is 0.337 e. The monoisotopic (exact) mass is 249 g/mol. The van der Waals surface area contributed by atoms with Crippen molar-refractivity contribution in [2.45, 2.75) is 0 Å². The second-order valence-corrected chi connectivity index (χ2v) is 3.18. The molecule has 7 heteroatoms. The highest BCUT2D eigenvalue weighted by atomic mass is 16.5.